The van der Waals surface area contributed by atoms with E-state index >= 15 is 0 Å². The molecule has 1 amide bonds. The van der Waals surface area contributed by atoms with Gasteiger partial charge in [0.2, 0.25) is 5.91 Å². The van der Waals surface area contributed by atoms with Crippen molar-refractivity contribution >= 4 is 5.91 Å². The molecule has 1 aliphatic carbocycles. The number of hydrogen-bond donors (Lipinski definition) is 2. The standard InChI is InChI=1S/C16H32N2O/c1-13(2)9-14(11-17)10-15(19)18-12-16(3)7-5-4-6-8-16/h13-14H,4-12,17H2,1-3H3,(H,18,19)/t14-/m0/s1. The van der Waals surface area contributed by atoms with Gasteiger partial charge < -0.3 is 11.1 Å². The molecular weight excluding hydrogens is 236 g/mol. The minimum Gasteiger partial charge on any atom is -0.356 e. The molecule has 0 bridgehead atoms. The summed E-state index contributed by atoms with van der Waals surface area (Å²) in [5.41, 5.74) is 6.08. The van der Waals surface area contributed by atoms with E-state index in [4.69, 9.17) is 5.73 Å². The Morgan fingerprint density at radius 2 is 1.89 bits per heavy atom. The van der Waals surface area contributed by atoms with Crippen LogP contribution in [0.25, 0.3) is 0 Å². The van der Waals surface area contributed by atoms with Crippen molar-refractivity contribution in [3.63, 3.8) is 0 Å². The largest absolute Gasteiger partial charge is 0.356 e. The smallest absolute Gasteiger partial charge is 0.220 e. The van der Waals surface area contributed by atoms with Crippen LogP contribution in [-0.2, 0) is 4.79 Å². The van der Waals surface area contributed by atoms with E-state index in [1.54, 1.807) is 0 Å². The zero-order chi connectivity index (χ0) is 14.3. The number of hydrogen-bond acceptors (Lipinski definition) is 2. The van der Waals surface area contributed by atoms with Crippen molar-refractivity contribution in [2.24, 2.45) is 23.0 Å². The second-order valence-corrected chi connectivity index (χ2v) is 7.08. The number of nitrogens with one attached hydrogen (secondary N) is 1. The molecule has 0 spiro atoms. The van der Waals surface area contributed by atoms with Gasteiger partial charge in [0, 0.05) is 13.0 Å². The maximum Gasteiger partial charge on any atom is 0.220 e. The van der Waals surface area contributed by atoms with Crippen LogP contribution in [0.4, 0.5) is 0 Å². The fraction of sp³-hybridized carbons (Fsp3) is 0.938. The number of nitrogens with two attached hydrogens (primary N) is 1. The predicted octanol–water partition coefficient (Wildman–Crippen LogP) is 3.08. The fourth-order valence-corrected chi connectivity index (χ4v) is 3.16. The summed E-state index contributed by atoms with van der Waals surface area (Å²) in [6.07, 6.45) is 8.11. The number of rotatable bonds is 7. The van der Waals surface area contributed by atoms with Crippen molar-refractivity contribution in [1.29, 1.82) is 0 Å². The summed E-state index contributed by atoms with van der Waals surface area (Å²) in [6.45, 7) is 8.13. The van der Waals surface area contributed by atoms with Crippen LogP contribution in [-0.4, -0.2) is 19.0 Å². The van der Waals surface area contributed by atoms with Crippen LogP contribution in [0.5, 0.6) is 0 Å². The third kappa shape index (κ3) is 6.42. The van der Waals surface area contributed by atoms with Crippen LogP contribution in [0.15, 0.2) is 0 Å². The molecule has 3 nitrogen and oxygen atoms in total. The van der Waals surface area contributed by atoms with Crippen LogP contribution in [0, 0.1) is 17.3 Å². The molecular formula is C16H32N2O. The van der Waals surface area contributed by atoms with Crippen molar-refractivity contribution < 1.29 is 4.79 Å². The first-order chi connectivity index (χ1) is 8.95. The molecule has 3 heteroatoms. The first-order valence-electron chi connectivity index (χ1n) is 7.92. The molecule has 1 aliphatic rings. The molecule has 0 aromatic rings. The Balaban J connectivity index is 2.29. The Hall–Kier alpha value is -0.570. The number of carbonyl (C=O) groups is 1. The Bertz CT molecular complexity index is 270. The summed E-state index contributed by atoms with van der Waals surface area (Å²) in [5, 5.41) is 3.14. The highest BCUT2D eigenvalue weighted by Gasteiger charge is 2.27. The third-order valence-electron chi connectivity index (χ3n) is 4.39. The maximum atomic E-state index is 12.0. The molecule has 0 saturated heterocycles. The minimum absolute atomic E-state index is 0.183. The average molecular weight is 268 g/mol. The highest BCUT2D eigenvalue weighted by molar-refractivity contribution is 5.76. The van der Waals surface area contributed by atoms with Crippen LogP contribution >= 0.6 is 0 Å². The van der Waals surface area contributed by atoms with E-state index < -0.39 is 0 Å². The molecule has 1 rings (SSSR count). The van der Waals surface area contributed by atoms with Gasteiger partial charge in [-0.05, 0) is 43.1 Å². The molecule has 0 aromatic heterocycles. The van der Waals surface area contributed by atoms with Crippen LogP contribution in [0.1, 0.15) is 65.7 Å². The van der Waals surface area contributed by atoms with Crippen molar-refractivity contribution in [3.8, 4) is 0 Å². The van der Waals surface area contributed by atoms with E-state index in [-0.39, 0.29) is 5.91 Å². The summed E-state index contributed by atoms with van der Waals surface area (Å²) < 4.78 is 0. The summed E-state index contributed by atoms with van der Waals surface area (Å²) in [7, 11) is 0. The molecule has 0 unspecified atom stereocenters. The molecule has 3 N–H and O–H groups in total. The molecule has 0 aromatic carbocycles. The molecule has 0 radical (unpaired) electrons. The lowest BCUT2D eigenvalue weighted by molar-refractivity contribution is -0.122. The van der Waals surface area contributed by atoms with Gasteiger partial charge in [0.15, 0.2) is 0 Å². The normalized spacial score (nSPS) is 20.3. The van der Waals surface area contributed by atoms with E-state index in [0.29, 0.717) is 30.2 Å². The van der Waals surface area contributed by atoms with Crippen LogP contribution in [0.3, 0.4) is 0 Å². The quantitative estimate of drug-likeness (QED) is 0.745. The Labute approximate surface area is 118 Å². The molecule has 1 fully saturated rings. The van der Waals surface area contributed by atoms with Crippen molar-refractivity contribution in [2.75, 3.05) is 13.1 Å². The molecule has 0 aliphatic heterocycles. The molecule has 112 valence electrons. The van der Waals surface area contributed by atoms with Gasteiger partial charge in [-0.15, -0.1) is 0 Å². The number of carbonyl (C=O) groups excluding carboxylic acids is 1. The predicted molar refractivity (Wildman–Crippen MR) is 80.8 cm³/mol. The van der Waals surface area contributed by atoms with Gasteiger partial charge >= 0.3 is 0 Å². The Morgan fingerprint density at radius 3 is 2.42 bits per heavy atom. The molecule has 19 heavy (non-hydrogen) atoms. The van der Waals surface area contributed by atoms with Crippen LogP contribution in [0.2, 0.25) is 0 Å². The van der Waals surface area contributed by atoms with Gasteiger partial charge in [0.1, 0.15) is 0 Å². The van der Waals surface area contributed by atoms with Gasteiger partial charge in [-0.2, -0.15) is 0 Å². The third-order valence-corrected chi connectivity index (χ3v) is 4.39. The zero-order valence-corrected chi connectivity index (χ0v) is 13.0. The topological polar surface area (TPSA) is 55.1 Å². The van der Waals surface area contributed by atoms with Crippen molar-refractivity contribution in [3.05, 3.63) is 0 Å². The first kappa shape index (κ1) is 16.5. The molecule has 0 heterocycles. The van der Waals surface area contributed by atoms with E-state index in [9.17, 15) is 4.79 Å². The molecule has 1 saturated carbocycles. The van der Waals surface area contributed by atoms with E-state index in [2.05, 4.69) is 26.1 Å². The summed E-state index contributed by atoms with van der Waals surface area (Å²) in [5.74, 6) is 1.12. The van der Waals surface area contributed by atoms with Gasteiger partial charge in [0.05, 0.1) is 0 Å². The van der Waals surface area contributed by atoms with Gasteiger partial charge in [-0.3, -0.25) is 4.79 Å². The summed E-state index contributed by atoms with van der Waals surface area (Å²) >= 11 is 0. The highest BCUT2D eigenvalue weighted by Crippen LogP contribution is 2.34. The van der Waals surface area contributed by atoms with Crippen molar-refractivity contribution in [2.45, 2.75) is 65.7 Å². The monoisotopic (exact) mass is 268 g/mol. The summed E-state index contributed by atoms with van der Waals surface area (Å²) in [4.78, 5) is 12.0. The average Bonchev–Trinajstić information content (AvgIpc) is 2.36. The summed E-state index contributed by atoms with van der Waals surface area (Å²) in [6, 6.07) is 0. The second kappa shape index (κ2) is 7.88. The maximum absolute atomic E-state index is 12.0. The Morgan fingerprint density at radius 1 is 1.26 bits per heavy atom. The van der Waals surface area contributed by atoms with Gasteiger partial charge in [-0.1, -0.05) is 40.0 Å². The van der Waals surface area contributed by atoms with Crippen LogP contribution < -0.4 is 11.1 Å². The lowest BCUT2D eigenvalue weighted by Crippen LogP contribution is -2.38. The molecule has 1 atom stereocenters. The lowest BCUT2D eigenvalue weighted by atomic mass is 9.75. The lowest BCUT2D eigenvalue weighted by Gasteiger charge is -2.33. The highest BCUT2D eigenvalue weighted by atomic mass is 16.1. The van der Waals surface area contributed by atoms with E-state index in [0.717, 1.165) is 13.0 Å². The number of amides is 1. The van der Waals surface area contributed by atoms with E-state index in [1.807, 2.05) is 0 Å². The fourth-order valence-electron chi connectivity index (χ4n) is 3.16. The van der Waals surface area contributed by atoms with Gasteiger partial charge in [0.25, 0.3) is 0 Å². The van der Waals surface area contributed by atoms with E-state index in [1.165, 1.54) is 32.1 Å². The zero-order valence-electron chi connectivity index (χ0n) is 13.0. The first-order valence-corrected chi connectivity index (χ1v) is 7.92. The van der Waals surface area contributed by atoms with Crippen molar-refractivity contribution in [1.82, 2.24) is 5.32 Å². The SMILES string of the molecule is CC(C)C[C@H](CN)CC(=O)NCC1(C)CCCCC1. The Kier molecular flexibility index (Phi) is 6.84. The van der Waals surface area contributed by atoms with Gasteiger partial charge in [-0.25, -0.2) is 0 Å². The second-order valence-electron chi connectivity index (χ2n) is 7.08. The minimum atomic E-state index is 0.183.